The predicted molar refractivity (Wildman–Crippen MR) is 39.8 cm³/mol. The van der Waals surface area contributed by atoms with E-state index in [2.05, 4.69) is 20.8 Å². The summed E-state index contributed by atoms with van der Waals surface area (Å²) in [6.07, 6.45) is 1.44. The van der Waals surface area contributed by atoms with Crippen molar-refractivity contribution in [2.24, 2.45) is 5.41 Å². The molecule has 1 heterocycles. The molecule has 60 valence electrons. The number of rotatable bonds is 0. The summed E-state index contributed by atoms with van der Waals surface area (Å²) >= 11 is 0. The molecule has 1 saturated heterocycles. The first-order valence-electron chi connectivity index (χ1n) is 3.79. The van der Waals surface area contributed by atoms with Gasteiger partial charge in [-0.3, -0.25) is 0 Å². The summed E-state index contributed by atoms with van der Waals surface area (Å²) in [7, 11) is 0. The Bertz CT molecular complexity index is 110. The Morgan fingerprint density at radius 2 is 2.10 bits per heavy atom. The Kier molecular flexibility index (Phi) is 2.32. The Balaban J connectivity index is 2.46. The highest BCUT2D eigenvalue weighted by Gasteiger charge is 2.24. The van der Waals surface area contributed by atoms with Gasteiger partial charge in [0.1, 0.15) is 6.79 Å². The average Bonchev–Trinajstić information content (AvgIpc) is 1.90. The van der Waals surface area contributed by atoms with Crippen LogP contribution in [0.5, 0.6) is 0 Å². The van der Waals surface area contributed by atoms with Gasteiger partial charge in [-0.25, -0.2) is 0 Å². The monoisotopic (exact) mass is 144 g/mol. The van der Waals surface area contributed by atoms with Crippen molar-refractivity contribution in [3.63, 3.8) is 0 Å². The molecular formula is C8H16O2. The molecule has 1 unspecified atom stereocenters. The van der Waals surface area contributed by atoms with Gasteiger partial charge in [-0.05, 0) is 18.8 Å². The van der Waals surface area contributed by atoms with E-state index in [0.717, 1.165) is 13.0 Å². The van der Waals surface area contributed by atoms with Gasteiger partial charge in [-0.1, -0.05) is 13.8 Å². The molecule has 10 heavy (non-hydrogen) atoms. The Morgan fingerprint density at radius 3 is 2.80 bits per heavy atom. The van der Waals surface area contributed by atoms with Crippen molar-refractivity contribution < 1.29 is 9.47 Å². The van der Waals surface area contributed by atoms with Crippen molar-refractivity contribution in [2.45, 2.75) is 33.3 Å². The van der Waals surface area contributed by atoms with Gasteiger partial charge >= 0.3 is 0 Å². The maximum atomic E-state index is 5.32. The molecule has 0 bridgehead atoms. The fourth-order valence-corrected chi connectivity index (χ4v) is 1.38. The molecule has 0 radical (unpaired) electrons. The van der Waals surface area contributed by atoms with E-state index in [1.807, 2.05) is 0 Å². The highest BCUT2D eigenvalue weighted by Crippen LogP contribution is 2.26. The van der Waals surface area contributed by atoms with E-state index in [9.17, 15) is 0 Å². The van der Waals surface area contributed by atoms with Gasteiger partial charge in [-0.15, -0.1) is 0 Å². The quantitative estimate of drug-likeness (QED) is 0.516. The molecule has 2 heteroatoms. The van der Waals surface area contributed by atoms with E-state index >= 15 is 0 Å². The van der Waals surface area contributed by atoms with Gasteiger partial charge in [0.2, 0.25) is 0 Å². The lowest BCUT2D eigenvalue weighted by Gasteiger charge is -2.22. The lowest BCUT2D eigenvalue weighted by atomic mass is 9.88. The zero-order chi connectivity index (χ0) is 7.61. The topological polar surface area (TPSA) is 18.5 Å². The van der Waals surface area contributed by atoms with E-state index in [4.69, 9.17) is 9.47 Å². The summed E-state index contributed by atoms with van der Waals surface area (Å²) in [4.78, 5) is 0. The van der Waals surface area contributed by atoms with Crippen LogP contribution in [-0.2, 0) is 9.47 Å². The van der Waals surface area contributed by atoms with Gasteiger partial charge in [0.15, 0.2) is 0 Å². The van der Waals surface area contributed by atoms with Crippen LogP contribution in [0.25, 0.3) is 0 Å². The van der Waals surface area contributed by atoms with Gasteiger partial charge in [0.25, 0.3) is 0 Å². The first-order chi connectivity index (χ1) is 4.60. The summed E-state index contributed by atoms with van der Waals surface area (Å²) in [5.41, 5.74) is 0.288. The fourth-order valence-electron chi connectivity index (χ4n) is 1.38. The van der Waals surface area contributed by atoms with Gasteiger partial charge < -0.3 is 9.47 Å². The molecule has 1 rings (SSSR count). The number of hydrogen-bond acceptors (Lipinski definition) is 2. The van der Waals surface area contributed by atoms with Crippen LogP contribution in [0.4, 0.5) is 0 Å². The lowest BCUT2D eigenvalue weighted by Crippen LogP contribution is -2.20. The van der Waals surface area contributed by atoms with E-state index in [0.29, 0.717) is 12.9 Å². The zero-order valence-electron chi connectivity index (χ0n) is 7.02. The average molecular weight is 144 g/mol. The molecule has 1 atom stereocenters. The molecule has 0 aliphatic carbocycles. The highest BCUT2D eigenvalue weighted by atomic mass is 16.7. The molecule has 0 amide bonds. The van der Waals surface area contributed by atoms with Crippen LogP contribution in [-0.4, -0.2) is 19.5 Å². The van der Waals surface area contributed by atoms with Crippen LogP contribution in [0.2, 0.25) is 0 Å². The Hall–Kier alpha value is -0.0800. The maximum Gasteiger partial charge on any atom is 0.147 e. The minimum Gasteiger partial charge on any atom is -0.355 e. The van der Waals surface area contributed by atoms with Crippen molar-refractivity contribution in [2.75, 3.05) is 13.4 Å². The SMILES string of the molecule is CC1CC(C)(C)COCO1. The second kappa shape index (κ2) is 2.89. The highest BCUT2D eigenvalue weighted by molar-refractivity contribution is 4.72. The predicted octanol–water partition coefficient (Wildman–Crippen LogP) is 1.80. The summed E-state index contributed by atoms with van der Waals surface area (Å²) in [5.74, 6) is 0. The molecular weight excluding hydrogens is 128 g/mol. The molecule has 0 aromatic heterocycles. The second-order valence-corrected chi connectivity index (χ2v) is 3.81. The van der Waals surface area contributed by atoms with Crippen LogP contribution in [0.1, 0.15) is 27.2 Å². The summed E-state index contributed by atoms with van der Waals surface area (Å²) < 4.78 is 10.6. The van der Waals surface area contributed by atoms with Crippen LogP contribution < -0.4 is 0 Å². The maximum absolute atomic E-state index is 5.32. The van der Waals surface area contributed by atoms with Crippen LogP contribution in [0, 0.1) is 5.41 Å². The molecule has 1 aliphatic rings. The van der Waals surface area contributed by atoms with E-state index in [1.54, 1.807) is 0 Å². The first-order valence-corrected chi connectivity index (χ1v) is 3.79. The normalized spacial score (nSPS) is 33.3. The third kappa shape index (κ3) is 2.27. The molecule has 0 N–H and O–H groups in total. The van der Waals surface area contributed by atoms with Gasteiger partial charge in [0.05, 0.1) is 12.7 Å². The first kappa shape index (κ1) is 8.02. The largest absolute Gasteiger partial charge is 0.355 e. The lowest BCUT2D eigenvalue weighted by molar-refractivity contribution is -0.0644. The molecule has 2 nitrogen and oxygen atoms in total. The van der Waals surface area contributed by atoms with Crippen molar-refractivity contribution in [1.82, 2.24) is 0 Å². The summed E-state index contributed by atoms with van der Waals surface area (Å²) in [6.45, 7) is 7.79. The number of hydrogen-bond donors (Lipinski definition) is 0. The molecule has 0 aromatic rings. The van der Waals surface area contributed by atoms with Crippen molar-refractivity contribution >= 4 is 0 Å². The molecule has 0 spiro atoms. The molecule has 1 fully saturated rings. The molecule has 1 aliphatic heterocycles. The summed E-state index contributed by atoms with van der Waals surface area (Å²) in [5, 5.41) is 0. The molecule has 0 saturated carbocycles. The second-order valence-electron chi connectivity index (χ2n) is 3.81. The van der Waals surface area contributed by atoms with Gasteiger partial charge in [0, 0.05) is 0 Å². The van der Waals surface area contributed by atoms with Crippen LogP contribution in [0.15, 0.2) is 0 Å². The third-order valence-electron chi connectivity index (χ3n) is 1.77. The minimum atomic E-state index is 0.288. The fraction of sp³-hybridized carbons (Fsp3) is 1.00. The van der Waals surface area contributed by atoms with E-state index in [1.165, 1.54) is 0 Å². The third-order valence-corrected chi connectivity index (χ3v) is 1.77. The van der Waals surface area contributed by atoms with E-state index in [-0.39, 0.29) is 5.41 Å². The van der Waals surface area contributed by atoms with Crippen molar-refractivity contribution in [3.05, 3.63) is 0 Å². The number of ether oxygens (including phenoxy) is 2. The standard InChI is InChI=1S/C8H16O2/c1-7-4-8(2,3)5-9-6-10-7/h7H,4-6H2,1-3H3. The zero-order valence-corrected chi connectivity index (χ0v) is 7.02. The smallest absolute Gasteiger partial charge is 0.147 e. The Morgan fingerprint density at radius 1 is 1.40 bits per heavy atom. The Labute approximate surface area is 62.5 Å². The van der Waals surface area contributed by atoms with Gasteiger partial charge in [-0.2, -0.15) is 0 Å². The van der Waals surface area contributed by atoms with Crippen LogP contribution >= 0.6 is 0 Å². The summed E-state index contributed by atoms with van der Waals surface area (Å²) in [6, 6.07) is 0. The van der Waals surface area contributed by atoms with Crippen LogP contribution in [0.3, 0.4) is 0 Å². The minimum absolute atomic E-state index is 0.288. The van der Waals surface area contributed by atoms with E-state index < -0.39 is 0 Å². The van der Waals surface area contributed by atoms with Crippen molar-refractivity contribution in [3.8, 4) is 0 Å². The van der Waals surface area contributed by atoms with Crippen molar-refractivity contribution in [1.29, 1.82) is 0 Å². The molecule has 0 aromatic carbocycles.